The zero-order chi connectivity index (χ0) is 19.2. The van der Waals surface area contributed by atoms with Gasteiger partial charge in [0, 0.05) is 30.4 Å². The van der Waals surface area contributed by atoms with Crippen molar-refractivity contribution in [2.75, 3.05) is 11.9 Å². The molecule has 1 N–H and O–H groups in total. The topological polar surface area (TPSA) is 71.0 Å². The predicted octanol–water partition coefficient (Wildman–Crippen LogP) is 4.44. The van der Waals surface area contributed by atoms with Crippen molar-refractivity contribution in [3.8, 4) is 0 Å². The van der Waals surface area contributed by atoms with E-state index in [1.165, 1.54) is 11.3 Å². The quantitative estimate of drug-likeness (QED) is 0.651. The van der Waals surface area contributed by atoms with Crippen LogP contribution in [0, 0.1) is 0 Å². The van der Waals surface area contributed by atoms with Crippen molar-refractivity contribution in [1.29, 1.82) is 0 Å². The van der Waals surface area contributed by atoms with Crippen LogP contribution in [0.2, 0.25) is 0 Å². The Morgan fingerprint density at radius 2 is 1.96 bits per heavy atom. The smallest absolute Gasteiger partial charge is 0.247 e. The number of nitrogens with zero attached hydrogens (tertiary/aromatic N) is 4. The van der Waals surface area contributed by atoms with E-state index in [0.29, 0.717) is 5.95 Å². The highest BCUT2D eigenvalue weighted by Gasteiger charge is 2.28. The van der Waals surface area contributed by atoms with E-state index in [9.17, 15) is 4.79 Å². The Bertz CT molecular complexity index is 942. The third-order valence-electron chi connectivity index (χ3n) is 4.65. The Morgan fingerprint density at radius 3 is 2.79 bits per heavy atom. The molecule has 1 amide bonds. The first kappa shape index (κ1) is 18.3. The van der Waals surface area contributed by atoms with Gasteiger partial charge in [-0.15, -0.1) is 11.3 Å². The molecule has 7 heteroatoms. The number of hydrogen-bond acceptors (Lipinski definition) is 6. The second kappa shape index (κ2) is 8.75. The molecule has 0 saturated carbocycles. The minimum absolute atomic E-state index is 0.00478. The van der Waals surface area contributed by atoms with Crippen molar-refractivity contribution in [2.45, 2.75) is 25.3 Å². The Balaban J connectivity index is 1.48. The van der Waals surface area contributed by atoms with E-state index in [0.717, 1.165) is 42.2 Å². The third-order valence-corrected chi connectivity index (χ3v) is 5.43. The van der Waals surface area contributed by atoms with Gasteiger partial charge < -0.3 is 10.2 Å². The molecule has 6 nitrogen and oxygen atoms in total. The highest BCUT2D eigenvalue weighted by atomic mass is 32.1. The summed E-state index contributed by atoms with van der Waals surface area (Å²) in [4.78, 5) is 27.8. The number of carbonyl (C=O) groups excluding carboxylic acids is 1. The van der Waals surface area contributed by atoms with Gasteiger partial charge in [0.15, 0.2) is 5.13 Å². The molecule has 3 heterocycles. The monoisotopic (exact) mass is 391 g/mol. The van der Waals surface area contributed by atoms with Crippen LogP contribution >= 0.6 is 11.3 Å². The number of hydrogen-bond donors (Lipinski definition) is 1. The maximum absolute atomic E-state index is 12.8. The molecule has 1 fully saturated rings. The number of thiazole rings is 1. The molecule has 4 rings (SSSR count). The van der Waals surface area contributed by atoms with Crippen molar-refractivity contribution in [2.24, 2.45) is 0 Å². The van der Waals surface area contributed by atoms with Gasteiger partial charge in [-0.2, -0.15) is 0 Å². The number of carbonyl (C=O) groups is 1. The van der Waals surface area contributed by atoms with Gasteiger partial charge in [-0.3, -0.25) is 4.79 Å². The van der Waals surface area contributed by atoms with E-state index in [2.05, 4.69) is 20.3 Å². The minimum Gasteiger partial charge on any atom is -0.331 e. The molecule has 28 heavy (non-hydrogen) atoms. The summed E-state index contributed by atoms with van der Waals surface area (Å²) >= 11 is 1.50. The molecular formula is C21H21N5OS. The highest BCUT2D eigenvalue weighted by molar-refractivity contribution is 7.13. The molecule has 0 spiro atoms. The summed E-state index contributed by atoms with van der Waals surface area (Å²) in [5.74, 6) is 0.549. The van der Waals surface area contributed by atoms with Gasteiger partial charge in [0.25, 0.3) is 0 Å². The lowest BCUT2D eigenvalue weighted by Crippen LogP contribution is -2.37. The molecular weight excluding hydrogens is 370 g/mol. The number of piperidine rings is 1. The maximum Gasteiger partial charge on any atom is 0.247 e. The molecule has 1 aromatic carbocycles. The first-order valence-corrected chi connectivity index (χ1v) is 10.2. The van der Waals surface area contributed by atoms with Crippen LogP contribution < -0.4 is 5.32 Å². The summed E-state index contributed by atoms with van der Waals surface area (Å²) in [5.41, 5.74) is 1.94. The zero-order valence-corrected chi connectivity index (χ0v) is 16.2. The Morgan fingerprint density at radius 1 is 1.14 bits per heavy atom. The number of rotatable bonds is 5. The fourth-order valence-electron chi connectivity index (χ4n) is 3.29. The molecule has 1 aliphatic heterocycles. The summed E-state index contributed by atoms with van der Waals surface area (Å²) in [5, 5.41) is 5.87. The van der Waals surface area contributed by atoms with Gasteiger partial charge in [0.05, 0.1) is 11.7 Å². The summed E-state index contributed by atoms with van der Waals surface area (Å²) in [7, 11) is 0. The van der Waals surface area contributed by atoms with Crippen molar-refractivity contribution >= 4 is 34.4 Å². The van der Waals surface area contributed by atoms with Crippen molar-refractivity contribution in [3.63, 3.8) is 0 Å². The number of benzene rings is 1. The first-order chi connectivity index (χ1) is 13.8. The molecule has 0 aliphatic carbocycles. The summed E-state index contributed by atoms with van der Waals surface area (Å²) < 4.78 is 0. The van der Waals surface area contributed by atoms with Crippen LogP contribution in [-0.4, -0.2) is 32.3 Å². The predicted molar refractivity (Wildman–Crippen MR) is 111 cm³/mol. The number of likely N-dealkylation sites (tertiary alicyclic amines) is 1. The van der Waals surface area contributed by atoms with Gasteiger partial charge >= 0.3 is 0 Å². The third kappa shape index (κ3) is 4.43. The van der Waals surface area contributed by atoms with E-state index in [1.54, 1.807) is 24.5 Å². The average molecular weight is 392 g/mol. The fraction of sp³-hybridized carbons (Fsp3) is 0.238. The van der Waals surface area contributed by atoms with E-state index >= 15 is 0 Å². The largest absolute Gasteiger partial charge is 0.331 e. The normalized spacial score (nSPS) is 17.0. The highest BCUT2D eigenvalue weighted by Crippen LogP contribution is 2.33. The molecule has 2 aromatic heterocycles. The van der Waals surface area contributed by atoms with E-state index in [1.807, 2.05) is 46.7 Å². The van der Waals surface area contributed by atoms with Crippen LogP contribution in [0.5, 0.6) is 0 Å². The van der Waals surface area contributed by atoms with Gasteiger partial charge in [-0.1, -0.05) is 30.3 Å². The average Bonchev–Trinajstić information content (AvgIpc) is 3.22. The van der Waals surface area contributed by atoms with Crippen molar-refractivity contribution in [1.82, 2.24) is 19.9 Å². The fourth-order valence-corrected chi connectivity index (χ4v) is 4.04. The second-order valence-electron chi connectivity index (χ2n) is 6.56. The zero-order valence-electron chi connectivity index (χ0n) is 15.4. The van der Waals surface area contributed by atoms with Gasteiger partial charge in [-0.05, 0) is 37.0 Å². The van der Waals surface area contributed by atoms with Crippen LogP contribution in [0.15, 0.2) is 60.2 Å². The minimum atomic E-state index is 0.00478. The number of nitrogens with one attached hydrogen (secondary N) is 1. The lowest BCUT2D eigenvalue weighted by Gasteiger charge is -2.34. The lowest BCUT2D eigenvalue weighted by molar-refractivity contribution is -0.129. The second-order valence-corrected chi connectivity index (χ2v) is 7.42. The van der Waals surface area contributed by atoms with Crippen molar-refractivity contribution in [3.05, 3.63) is 71.5 Å². The molecule has 0 bridgehead atoms. The van der Waals surface area contributed by atoms with E-state index in [4.69, 9.17) is 0 Å². The molecule has 1 aliphatic rings. The summed E-state index contributed by atoms with van der Waals surface area (Å²) in [6, 6.07) is 11.6. The van der Waals surface area contributed by atoms with Gasteiger partial charge in [0.2, 0.25) is 11.9 Å². The van der Waals surface area contributed by atoms with Crippen molar-refractivity contribution < 1.29 is 4.79 Å². The van der Waals surface area contributed by atoms with Crippen LogP contribution in [0.3, 0.4) is 0 Å². The van der Waals surface area contributed by atoms with E-state index < -0.39 is 0 Å². The lowest BCUT2D eigenvalue weighted by atomic mass is 9.99. The standard InChI is InChI=1S/C21H21N5OS/c27-19(11-10-16-7-2-1-3-8-16)26-14-5-4-9-18(26)17-15-28-21(24-17)25-20-22-12-6-13-23-20/h1-3,6-8,10-13,15,18H,4-5,9,14H2,(H,22,23,24,25)/b11-10+. The molecule has 1 atom stereocenters. The molecule has 142 valence electrons. The molecule has 1 saturated heterocycles. The van der Waals surface area contributed by atoms with Gasteiger partial charge in [-0.25, -0.2) is 15.0 Å². The van der Waals surface area contributed by atoms with Crippen LogP contribution in [-0.2, 0) is 4.79 Å². The number of anilines is 2. The van der Waals surface area contributed by atoms with Crippen LogP contribution in [0.4, 0.5) is 11.1 Å². The summed E-state index contributed by atoms with van der Waals surface area (Å²) in [6.45, 7) is 0.755. The van der Waals surface area contributed by atoms with Crippen LogP contribution in [0.1, 0.15) is 36.6 Å². The molecule has 0 radical (unpaired) electrons. The Labute approximate surface area is 168 Å². The Kier molecular flexibility index (Phi) is 5.72. The van der Waals surface area contributed by atoms with Gasteiger partial charge in [0.1, 0.15) is 0 Å². The van der Waals surface area contributed by atoms with E-state index in [-0.39, 0.29) is 11.9 Å². The summed E-state index contributed by atoms with van der Waals surface area (Å²) in [6.07, 6.45) is 9.95. The molecule has 1 unspecified atom stereocenters. The number of aromatic nitrogens is 3. The maximum atomic E-state index is 12.8. The number of amides is 1. The van der Waals surface area contributed by atoms with Crippen LogP contribution in [0.25, 0.3) is 6.08 Å². The molecule has 3 aromatic rings. The SMILES string of the molecule is O=C(/C=C/c1ccccc1)N1CCCCC1c1csc(Nc2ncccn2)n1. The first-order valence-electron chi connectivity index (χ1n) is 9.33. The Hall–Kier alpha value is -3.06.